The Morgan fingerprint density at radius 2 is 2.05 bits per heavy atom. The van der Waals surface area contributed by atoms with Crippen LogP contribution < -0.4 is 5.73 Å². The number of para-hydroxylation sites is 1. The number of nitrogen functional groups attached to an aromatic ring is 1. The van der Waals surface area contributed by atoms with E-state index in [1.807, 2.05) is 45.0 Å². The highest BCUT2D eigenvalue weighted by molar-refractivity contribution is 5.99. The van der Waals surface area contributed by atoms with Gasteiger partial charge in [-0.15, -0.1) is 6.58 Å². The Balaban J connectivity index is 2.49. The number of carbonyl (C=O) groups excluding carboxylic acids is 1. The number of carbonyl (C=O) groups is 1. The van der Waals surface area contributed by atoms with E-state index >= 15 is 0 Å². The van der Waals surface area contributed by atoms with Gasteiger partial charge in [0.1, 0.15) is 5.69 Å². The van der Waals surface area contributed by atoms with Crippen LogP contribution in [0.5, 0.6) is 0 Å². The number of rotatable bonds is 3. The van der Waals surface area contributed by atoms with Crippen molar-refractivity contribution < 1.29 is 4.79 Å². The van der Waals surface area contributed by atoms with Crippen LogP contribution >= 0.6 is 0 Å². The molecule has 1 aromatic carbocycles. The topological polar surface area (TPSA) is 59.2 Å². The number of anilines is 1. The summed E-state index contributed by atoms with van der Waals surface area (Å²) in [5.74, 6) is -0.139. The van der Waals surface area contributed by atoms with Crippen LogP contribution in [0.1, 0.15) is 31.3 Å². The zero-order chi connectivity index (χ0) is 15.6. The van der Waals surface area contributed by atoms with E-state index in [1.165, 1.54) is 0 Å². The van der Waals surface area contributed by atoms with E-state index in [1.54, 1.807) is 17.0 Å². The average Bonchev–Trinajstić information content (AvgIpc) is 2.43. The molecule has 21 heavy (non-hydrogen) atoms. The summed E-state index contributed by atoms with van der Waals surface area (Å²) in [5.41, 5.74) is 7.39. The third kappa shape index (κ3) is 3.05. The quantitative estimate of drug-likeness (QED) is 0.880. The highest BCUT2D eigenvalue weighted by Gasteiger charge is 2.27. The standard InChI is InChI=1S/C17H21N3O/c1-5-10-20(17(2,3)4)16(21)15-11-13(18)12-8-6-7-9-14(12)19-15/h5-9,11H,1,10H2,2-4H3,(H2,18,19). The number of nitrogens with zero attached hydrogens (tertiary/aromatic N) is 2. The largest absolute Gasteiger partial charge is 0.398 e. The number of aromatic nitrogens is 1. The average molecular weight is 283 g/mol. The van der Waals surface area contributed by atoms with E-state index in [0.717, 1.165) is 10.9 Å². The molecule has 110 valence electrons. The summed E-state index contributed by atoms with van der Waals surface area (Å²) in [6.45, 7) is 10.1. The molecule has 0 saturated carbocycles. The number of nitrogens with two attached hydrogens (primary N) is 1. The van der Waals surface area contributed by atoms with Crippen molar-refractivity contribution in [1.29, 1.82) is 0 Å². The van der Waals surface area contributed by atoms with Gasteiger partial charge in [-0.25, -0.2) is 4.98 Å². The fourth-order valence-electron chi connectivity index (χ4n) is 2.24. The smallest absolute Gasteiger partial charge is 0.273 e. The minimum absolute atomic E-state index is 0.139. The van der Waals surface area contributed by atoms with Crippen LogP contribution in [0.15, 0.2) is 43.0 Å². The van der Waals surface area contributed by atoms with Crippen LogP contribution in [0.4, 0.5) is 5.69 Å². The number of pyridine rings is 1. The van der Waals surface area contributed by atoms with Gasteiger partial charge in [-0.3, -0.25) is 4.79 Å². The SMILES string of the molecule is C=CCN(C(=O)c1cc(N)c2ccccc2n1)C(C)(C)C. The predicted molar refractivity (Wildman–Crippen MR) is 87.1 cm³/mol. The zero-order valence-electron chi connectivity index (χ0n) is 12.8. The van der Waals surface area contributed by atoms with Crippen molar-refractivity contribution in [2.45, 2.75) is 26.3 Å². The summed E-state index contributed by atoms with van der Waals surface area (Å²) >= 11 is 0. The molecular weight excluding hydrogens is 262 g/mol. The molecule has 0 aliphatic rings. The van der Waals surface area contributed by atoms with E-state index in [2.05, 4.69) is 11.6 Å². The zero-order valence-corrected chi connectivity index (χ0v) is 12.8. The van der Waals surface area contributed by atoms with Gasteiger partial charge in [0.2, 0.25) is 0 Å². The summed E-state index contributed by atoms with van der Waals surface area (Å²) in [4.78, 5) is 18.9. The summed E-state index contributed by atoms with van der Waals surface area (Å²) < 4.78 is 0. The number of benzene rings is 1. The second-order valence-electron chi connectivity index (χ2n) is 5.99. The Hall–Kier alpha value is -2.36. The Bertz CT molecular complexity index is 686. The van der Waals surface area contributed by atoms with Gasteiger partial charge in [-0.2, -0.15) is 0 Å². The second kappa shape index (κ2) is 5.56. The van der Waals surface area contributed by atoms with Gasteiger partial charge in [0.05, 0.1) is 5.52 Å². The summed E-state index contributed by atoms with van der Waals surface area (Å²) in [6, 6.07) is 9.19. The number of hydrogen-bond acceptors (Lipinski definition) is 3. The van der Waals surface area contributed by atoms with Crippen molar-refractivity contribution in [2.75, 3.05) is 12.3 Å². The molecular formula is C17H21N3O. The summed E-state index contributed by atoms with van der Waals surface area (Å²) in [6.07, 6.45) is 1.72. The predicted octanol–water partition coefficient (Wildman–Crippen LogP) is 3.24. The lowest BCUT2D eigenvalue weighted by Crippen LogP contribution is -2.46. The molecule has 0 radical (unpaired) electrons. The summed E-state index contributed by atoms with van der Waals surface area (Å²) in [5, 5.41) is 0.861. The Kier molecular flexibility index (Phi) is 3.98. The van der Waals surface area contributed by atoms with Gasteiger partial charge in [0.25, 0.3) is 5.91 Å². The van der Waals surface area contributed by atoms with Gasteiger partial charge in [-0.1, -0.05) is 24.3 Å². The van der Waals surface area contributed by atoms with Crippen molar-refractivity contribution >= 4 is 22.5 Å². The van der Waals surface area contributed by atoms with Crippen molar-refractivity contribution in [3.63, 3.8) is 0 Å². The molecule has 0 unspecified atom stereocenters. The van der Waals surface area contributed by atoms with Gasteiger partial charge in [0, 0.05) is 23.2 Å². The number of hydrogen-bond donors (Lipinski definition) is 1. The Labute approximate surface area is 125 Å². The number of amides is 1. The molecule has 4 nitrogen and oxygen atoms in total. The lowest BCUT2D eigenvalue weighted by molar-refractivity contribution is 0.0611. The first-order chi connectivity index (χ1) is 9.84. The maximum Gasteiger partial charge on any atom is 0.273 e. The summed E-state index contributed by atoms with van der Waals surface area (Å²) in [7, 11) is 0. The van der Waals surface area contributed by atoms with Crippen molar-refractivity contribution in [1.82, 2.24) is 9.88 Å². The minimum atomic E-state index is -0.312. The van der Waals surface area contributed by atoms with E-state index in [-0.39, 0.29) is 11.4 Å². The van der Waals surface area contributed by atoms with Crippen molar-refractivity contribution in [3.8, 4) is 0 Å². The first kappa shape index (κ1) is 15.0. The van der Waals surface area contributed by atoms with Gasteiger partial charge >= 0.3 is 0 Å². The molecule has 0 bridgehead atoms. The molecule has 0 spiro atoms. The highest BCUT2D eigenvalue weighted by atomic mass is 16.2. The molecule has 0 saturated heterocycles. The molecule has 0 aliphatic heterocycles. The number of fused-ring (bicyclic) bond motifs is 1. The molecule has 0 atom stereocenters. The van der Waals surface area contributed by atoms with Crippen molar-refractivity contribution in [2.24, 2.45) is 0 Å². The Morgan fingerprint density at radius 1 is 1.38 bits per heavy atom. The second-order valence-corrected chi connectivity index (χ2v) is 5.99. The molecule has 0 fully saturated rings. The fraction of sp³-hybridized carbons (Fsp3) is 0.294. The maximum atomic E-state index is 12.7. The monoisotopic (exact) mass is 283 g/mol. The molecule has 2 N–H and O–H groups in total. The third-order valence-electron chi connectivity index (χ3n) is 3.33. The van der Waals surface area contributed by atoms with E-state index in [4.69, 9.17) is 5.73 Å². The fourth-order valence-corrected chi connectivity index (χ4v) is 2.24. The minimum Gasteiger partial charge on any atom is -0.398 e. The van der Waals surface area contributed by atoms with Crippen molar-refractivity contribution in [3.05, 3.63) is 48.7 Å². The first-order valence-corrected chi connectivity index (χ1v) is 6.92. The van der Waals surface area contributed by atoms with E-state index in [0.29, 0.717) is 17.9 Å². The van der Waals surface area contributed by atoms with E-state index in [9.17, 15) is 4.79 Å². The highest BCUT2D eigenvalue weighted by Crippen LogP contribution is 2.23. The van der Waals surface area contributed by atoms with Gasteiger partial charge in [0.15, 0.2) is 0 Å². The van der Waals surface area contributed by atoms with E-state index < -0.39 is 0 Å². The molecule has 4 heteroatoms. The van der Waals surface area contributed by atoms with Crippen LogP contribution in [0.25, 0.3) is 10.9 Å². The third-order valence-corrected chi connectivity index (χ3v) is 3.33. The Morgan fingerprint density at radius 3 is 2.67 bits per heavy atom. The normalized spacial score (nSPS) is 11.4. The van der Waals surface area contributed by atoms with Crippen LogP contribution in [0.2, 0.25) is 0 Å². The molecule has 1 amide bonds. The maximum absolute atomic E-state index is 12.7. The van der Waals surface area contributed by atoms with Crippen LogP contribution in [0, 0.1) is 0 Å². The van der Waals surface area contributed by atoms with Crippen LogP contribution in [-0.4, -0.2) is 27.9 Å². The lowest BCUT2D eigenvalue weighted by Gasteiger charge is -2.34. The first-order valence-electron chi connectivity index (χ1n) is 6.92. The van der Waals surface area contributed by atoms with Crippen LogP contribution in [-0.2, 0) is 0 Å². The van der Waals surface area contributed by atoms with Gasteiger partial charge in [-0.05, 0) is 32.9 Å². The molecule has 0 aliphatic carbocycles. The molecule has 2 aromatic rings. The molecule has 1 heterocycles. The van der Waals surface area contributed by atoms with Crippen LogP contribution in [0.3, 0.4) is 0 Å². The molecule has 2 rings (SSSR count). The molecule has 1 aromatic heterocycles. The lowest BCUT2D eigenvalue weighted by atomic mass is 10.0. The van der Waals surface area contributed by atoms with Gasteiger partial charge < -0.3 is 10.6 Å².